The Morgan fingerprint density at radius 1 is 1.38 bits per heavy atom. The Kier molecular flexibility index (Phi) is 5.61. The molecule has 8 heteroatoms. The van der Waals surface area contributed by atoms with Gasteiger partial charge in [-0.1, -0.05) is 11.8 Å². The van der Waals surface area contributed by atoms with E-state index in [1.807, 2.05) is 6.26 Å². The Morgan fingerprint density at radius 3 is 2.96 bits per heavy atom. The van der Waals surface area contributed by atoms with Crippen molar-refractivity contribution in [3.63, 3.8) is 0 Å². The van der Waals surface area contributed by atoms with Gasteiger partial charge in [0.25, 0.3) is 0 Å². The minimum absolute atomic E-state index is 0.0435. The number of thiophene rings is 1. The Balaban J connectivity index is 1.89. The van der Waals surface area contributed by atoms with Crippen molar-refractivity contribution in [2.24, 2.45) is 0 Å². The van der Waals surface area contributed by atoms with Crippen molar-refractivity contribution >= 4 is 39.1 Å². The van der Waals surface area contributed by atoms with E-state index in [9.17, 15) is 0 Å². The highest BCUT2D eigenvalue weighted by Gasteiger charge is 2.30. The molecular formula is C16H23N3O3S2. The van der Waals surface area contributed by atoms with Crippen LogP contribution in [0.25, 0.3) is 10.2 Å². The van der Waals surface area contributed by atoms with Crippen molar-refractivity contribution in [2.75, 3.05) is 37.9 Å². The molecule has 0 aromatic carbocycles. The zero-order chi connectivity index (χ0) is 17.2. The summed E-state index contributed by atoms with van der Waals surface area (Å²) in [6, 6.07) is 0. The molecule has 1 aliphatic rings. The number of hydrogen-bond donors (Lipinski definition) is 2. The fourth-order valence-electron chi connectivity index (χ4n) is 2.66. The lowest BCUT2D eigenvalue weighted by atomic mass is 9.98. The van der Waals surface area contributed by atoms with Crippen LogP contribution in [0.5, 0.6) is 0 Å². The van der Waals surface area contributed by atoms with E-state index in [0.29, 0.717) is 26.4 Å². The van der Waals surface area contributed by atoms with Gasteiger partial charge in [-0.3, -0.25) is 0 Å². The largest absolute Gasteiger partial charge is 0.394 e. The van der Waals surface area contributed by atoms with Crippen LogP contribution >= 0.6 is 23.1 Å². The van der Waals surface area contributed by atoms with E-state index in [2.05, 4.69) is 24.1 Å². The van der Waals surface area contributed by atoms with Crippen molar-refractivity contribution in [3.8, 4) is 0 Å². The summed E-state index contributed by atoms with van der Waals surface area (Å²) in [5.74, 6) is 0.856. The number of nitrogens with zero attached hydrogens (tertiary/aromatic N) is 2. The molecule has 0 amide bonds. The number of ether oxygens (including phenoxy) is 2. The lowest BCUT2D eigenvalue weighted by Gasteiger charge is -2.29. The number of rotatable bonds is 7. The van der Waals surface area contributed by atoms with Gasteiger partial charge in [-0.05, 0) is 20.1 Å². The Morgan fingerprint density at radius 2 is 2.21 bits per heavy atom. The summed E-state index contributed by atoms with van der Waals surface area (Å²) in [5, 5.41) is 12.9. The fraction of sp³-hybridized carbons (Fsp3) is 0.625. The summed E-state index contributed by atoms with van der Waals surface area (Å²) in [6.07, 6.45) is 2.88. The third-order valence-corrected chi connectivity index (χ3v) is 5.62. The number of hydrogen-bond acceptors (Lipinski definition) is 8. The molecule has 0 aliphatic carbocycles. The van der Waals surface area contributed by atoms with Crippen molar-refractivity contribution < 1.29 is 14.6 Å². The van der Waals surface area contributed by atoms with Gasteiger partial charge >= 0.3 is 0 Å². The van der Waals surface area contributed by atoms with E-state index >= 15 is 0 Å². The molecule has 2 N–H and O–H groups in total. The normalized spacial score (nSPS) is 16.3. The summed E-state index contributed by atoms with van der Waals surface area (Å²) in [5.41, 5.74) is 2.07. The number of aliphatic hydroxyl groups excluding tert-OH is 1. The second-order valence-electron chi connectivity index (χ2n) is 6.23. The topological polar surface area (TPSA) is 76.5 Å². The number of anilines is 1. The van der Waals surface area contributed by atoms with E-state index in [-0.39, 0.29) is 12.2 Å². The monoisotopic (exact) mass is 369 g/mol. The van der Waals surface area contributed by atoms with Crippen molar-refractivity contribution in [1.29, 1.82) is 0 Å². The summed E-state index contributed by atoms with van der Waals surface area (Å²) in [6.45, 7) is 6.42. The quantitative estimate of drug-likeness (QED) is 0.441. The van der Waals surface area contributed by atoms with Gasteiger partial charge in [0.2, 0.25) is 0 Å². The third kappa shape index (κ3) is 3.83. The van der Waals surface area contributed by atoms with Crippen LogP contribution in [-0.4, -0.2) is 53.3 Å². The van der Waals surface area contributed by atoms with E-state index in [0.717, 1.165) is 27.6 Å². The number of aromatic nitrogens is 2. The highest BCUT2D eigenvalue weighted by molar-refractivity contribution is 7.98. The predicted molar refractivity (Wildman–Crippen MR) is 98.2 cm³/mol. The maximum absolute atomic E-state index is 8.75. The van der Waals surface area contributed by atoms with Crippen LogP contribution in [0.1, 0.15) is 24.3 Å². The molecule has 3 rings (SSSR count). The van der Waals surface area contributed by atoms with E-state index in [1.165, 1.54) is 22.2 Å². The minimum atomic E-state index is -0.130. The van der Waals surface area contributed by atoms with Gasteiger partial charge in [0.1, 0.15) is 5.82 Å². The first-order chi connectivity index (χ1) is 11.5. The summed E-state index contributed by atoms with van der Waals surface area (Å²) >= 11 is 3.29. The molecule has 0 saturated heterocycles. The molecule has 0 bridgehead atoms. The molecule has 0 saturated carbocycles. The SMILES string of the molecule is CSc1nc(NCCOCCO)c2sc3c(c2n1)COC(C)(C)C3. The Labute approximate surface area is 150 Å². The predicted octanol–water partition coefficient (Wildman–Crippen LogP) is 2.69. The molecule has 24 heavy (non-hydrogen) atoms. The lowest BCUT2D eigenvalue weighted by Crippen LogP contribution is -2.30. The molecule has 0 atom stereocenters. The molecule has 3 heterocycles. The first-order valence-electron chi connectivity index (χ1n) is 7.97. The van der Waals surface area contributed by atoms with Gasteiger partial charge in [-0.15, -0.1) is 11.3 Å². The molecular weight excluding hydrogens is 346 g/mol. The standard InChI is InChI=1S/C16H23N3O3S2/c1-16(2)8-11-10(9-22-16)12-13(24-11)14(19-15(18-12)23-3)17-4-6-21-7-5-20/h20H,4-9H2,1-3H3,(H,17,18,19). The molecule has 6 nitrogen and oxygen atoms in total. The van der Waals surface area contributed by atoms with Gasteiger partial charge in [-0.2, -0.15) is 0 Å². The van der Waals surface area contributed by atoms with Crippen LogP contribution in [-0.2, 0) is 22.5 Å². The first kappa shape index (κ1) is 17.9. The van der Waals surface area contributed by atoms with Crippen LogP contribution in [0.2, 0.25) is 0 Å². The van der Waals surface area contributed by atoms with Gasteiger partial charge in [-0.25, -0.2) is 9.97 Å². The maximum atomic E-state index is 8.75. The molecule has 0 unspecified atom stereocenters. The zero-order valence-corrected chi connectivity index (χ0v) is 15.9. The summed E-state index contributed by atoms with van der Waals surface area (Å²) in [7, 11) is 0. The van der Waals surface area contributed by atoms with E-state index < -0.39 is 0 Å². The average Bonchev–Trinajstić information content (AvgIpc) is 2.90. The Bertz CT molecular complexity index is 718. The number of thioether (sulfide) groups is 1. The zero-order valence-electron chi connectivity index (χ0n) is 14.2. The van der Waals surface area contributed by atoms with Gasteiger partial charge in [0, 0.05) is 23.4 Å². The van der Waals surface area contributed by atoms with Crippen molar-refractivity contribution in [2.45, 2.75) is 37.6 Å². The molecule has 1 aliphatic heterocycles. The summed E-state index contributed by atoms with van der Waals surface area (Å²) in [4.78, 5) is 10.7. The van der Waals surface area contributed by atoms with Crippen molar-refractivity contribution in [1.82, 2.24) is 9.97 Å². The van der Waals surface area contributed by atoms with Gasteiger partial charge in [0.05, 0.1) is 42.2 Å². The van der Waals surface area contributed by atoms with Crippen molar-refractivity contribution in [3.05, 3.63) is 10.4 Å². The van der Waals surface area contributed by atoms with Crippen LogP contribution in [0.4, 0.5) is 5.82 Å². The third-order valence-electron chi connectivity index (χ3n) is 3.84. The highest BCUT2D eigenvalue weighted by atomic mass is 32.2. The van der Waals surface area contributed by atoms with E-state index in [1.54, 1.807) is 11.3 Å². The minimum Gasteiger partial charge on any atom is -0.394 e. The summed E-state index contributed by atoms with van der Waals surface area (Å²) < 4.78 is 12.4. The first-order valence-corrected chi connectivity index (χ1v) is 10.0. The van der Waals surface area contributed by atoms with Crippen LogP contribution < -0.4 is 5.32 Å². The van der Waals surface area contributed by atoms with Crippen LogP contribution in [0, 0.1) is 0 Å². The molecule has 2 aromatic heterocycles. The molecule has 0 spiro atoms. The average molecular weight is 370 g/mol. The molecule has 0 radical (unpaired) electrons. The molecule has 132 valence electrons. The second kappa shape index (κ2) is 7.53. The van der Waals surface area contributed by atoms with Crippen LogP contribution in [0.3, 0.4) is 0 Å². The lowest BCUT2D eigenvalue weighted by molar-refractivity contribution is -0.0383. The number of aliphatic hydroxyl groups is 1. The highest BCUT2D eigenvalue weighted by Crippen LogP contribution is 2.41. The number of fused-ring (bicyclic) bond motifs is 3. The van der Waals surface area contributed by atoms with Crippen LogP contribution in [0.15, 0.2) is 5.16 Å². The molecule has 2 aromatic rings. The van der Waals surface area contributed by atoms with Gasteiger partial charge < -0.3 is 19.9 Å². The fourth-order valence-corrected chi connectivity index (χ4v) is 4.45. The second-order valence-corrected chi connectivity index (χ2v) is 8.11. The van der Waals surface area contributed by atoms with E-state index in [4.69, 9.17) is 19.6 Å². The Hall–Kier alpha value is -0.930. The maximum Gasteiger partial charge on any atom is 0.189 e. The number of nitrogens with one attached hydrogen (secondary N) is 1. The van der Waals surface area contributed by atoms with Gasteiger partial charge in [0.15, 0.2) is 5.16 Å². The smallest absolute Gasteiger partial charge is 0.189 e. The molecule has 0 fully saturated rings.